The van der Waals surface area contributed by atoms with Crippen molar-refractivity contribution in [3.05, 3.63) is 11.6 Å². The fourth-order valence-corrected chi connectivity index (χ4v) is 12.5. The number of rotatable bonds is 5. The van der Waals surface area contributed by atoms with Crippen molar-refractivity contribution in [3.8, 4) is 0 Å². The summed E-state index contributed by atoms with van der Waals surface area (Å²) in [7, 11) is 0. The van der Waals surface area contributed by atoms with Gasteiger partial charge in [0.15, 0.2) is 6.29 Å². The van der Waals surface area contributed by atoms with Gasteiger partial charge in [0.2, 0.25) is 0 Å². The first kappa shape index (κ1) is 31.0. The third-order valence-electron chi connectivity index (χ3n) is 14.9. The molecule has 1 aliphatic heterocycles. The van der Waals surface area contributed by atoms with E-state index in [4.69, 9.17) is 9.47 Å². The lowest BCUT2D eigenvalue weighted by atomic mass is 9.37. The normalized spacial score (nSPS) is 52.0. The van der Waals surface area contributed by atoms with Crippen molar-refractivity contribution >= 4 is 5.97 Å². The van der Waals surface area contributed by atoms with Gasteiger partial charge in [-0.3, -0.25) is 0 Å². The number of hydrogen-bond acceptors (Lipinski definition) is 7. The van der Waals surface area contributed by atoms with Gasteiger partial charge in [0.1, 0.15) is 12.2 Å². The molecular formula is C35H56O7. The van der Waals surface area contributed by atoms with Crippen molar-refractivity contribution in [2.24, 2.45) is 50.7 Å². The maximum atomic E-state index is 12.8. The molecule has 0 amide bonds. The van der Waals surface area contributed by atoms with Crippen molar-refractivity contribution in [2.75, 3.05) is 0 Å². The highest BCUT2D eigenvalue weighted by molar-refractivity contribution is 5.87. The standard InChI is InChI=1S/C35H56O7/c1-9-19(2)28(38)42-26-12-13-32(7)23-11-14-34-18-35(34,33(23,8)25(36)17-24(32)30(26,3)4)15-10-21(34)20-16-22(41-29(20)39)27(37)31(5,6)40/h9,20-27,29,36-37,39-40H,10-18H2,1-8H3/b19-9+/t20-,21-,22+,23+,24-,25+,26-,27+,29-,32+,33-,34+,35+/m0/s1. The van der Waals surface area contributed by atoms with E-state index in [1.165, 1.54) is 0 Å². The molecule has 0 aromatic carbocycles. The minimum Gasteiger partial charge on any atom is -0.458 e. The van der Waals surface area contributed by atoms with Crippen molar-refractivity contribution in [3.63, 3.8) is 0 Å². The summed E-state index contributed by atoms with van der Waals surface area (Å²) >= 11 is 0. The number of hydrogen-bond donors (Lipinski definition) is 4. The van der Waals surface area contributed by atoms with Crippen molar-refractivity contribution in [2.45, 2.75) is 149 Å². The first-order valence-corrected chi connectivity index (χ1v) is 16.7. The van der Waals surface area contributed by atoms with Crippen LogP contribution in [0.15, 0.2) is 11.6 Å². The largest absolute Gasteiger partial charge is 0.458 e. The first-order chi connectivity index (χ1) is 19.4. The summed E-state index contributed by atoms with van der Waals surface area (Å²) in [6, 6.07) is 0. The molecule has 0 aromatic rings. The summed E-state index contributed by atoms with van der Waals surface area (Å²) in [4.78, 5) is 12.8. The van der Waals surface area contributed by atoms with Crippen LogP contribution in [0.25, 0.3) is 0 Å². The van der Waals surface area contributed by atoms with Crippen molar-refractivity contribution < 1.29 is 34.7 Å². The third-order valence-corrected chi connectivity index (χ3v) is 14.9. The number of fused-ring (bicyclic) bond motifs is 3. The number of carbonyl (C=O) groups excluding carboxylic acids is 1. The van der Waals surface area contributed by atoms with E-state index >= 15 is 0 Å². The maximum absolute atomic E-state index is 12.8. The van der Waals surface area contributed by atoms with Crippen LogP contribution in [0.3, 0.4) is 0 Å². The second kappa shape index (κ2) is 9.51. The molecule has 5 aliphatic carbocycles. The van der Waals surface area contributed by atoms with E-state index < -0.39 is 30.2 Å². The zero-order chi connectivity index (χ0) is 30.8. The number of aliphatic hydroxyl groups is 4. The molecule has 1 heterocycles. The Morgan fingerprint density at radius 1 is 1.02 bits per heavy atom. The Labute approximate surface area is 252 Å². The lowest BCUT2D eigenvalue weighted by Crippen LogP contribution is -2.66. The predicted molar refractivity (Wildman–Crippen MR) is 159 cm³/mol. The molecule has 0 spiro atoms. The number of carbonyl (C=O) groups is 1. The van der Waals surface area contributed by atoms with Gasteiger partial charge in [-0.2, -0.15) is 0 Å². The molecular weight excluding hydrogens is 532 g/mol. The van der Waals surface area contributed by atoms with Gasteiger partial charge < -0.3 is 29.9 Å². The summed E-state index contributed by atoms with van der Waals surface area (Å²) in [5.41, 5.74) is -0.895. The van der Waals surface area contributed by atoms with Crippen LogP contribution < -0.4 is 0 Å². The lowest BCUT2D eigenvalue weighted by molar-refractivity contribution is -0.245. The lowest BCUT2D eigenvalue weighted by Gasteiger charge is -2.68. The van der Waals surface area contributed by atoms with Gasteiger partial charge in [0, 0.05) is 22.3 Å². The molecule has 42 heavy (non-hydrogen) atoms. The number of aliphatic hydroxyl groups excluding tert-OH is 3. The zero-order valence-electron chi connectivity index (χ0n) is 27.2. The van der Waals surface area contributed by atoms with E-state index in [9.17, 15) is 25.2 Å². The van der Waals surface area contributed by atoms with Crippen LogP contribution in [0.1, 0.15) is 113 Å². The Bertz CT molecular complexity index is 1140. The monoisotopic (exact) mass is 588 g/mol. The molecule has 0 aromatic heterocycles. The first-order valence-electron chi connectivity index (χ1n) is 16.7. The maximum Gasteiger partial charge on any atom is 0.333 e. The topological polar surface area (TPSA) is 116 Å². The molecule has 13 atom stereocenters. The van der Waals surface area contributed by atoms with E-state index in [0.717, 1.165) is 51.4 Å². The number of ether oxygens (including phenoxy) is 2. The molecule has 0 radical (unpaired) electrons. The fraction of sp³-hybridized carbons (Fsp3) is 0.914. The second-order valence-electron chi connectivity index (χ2n) is 17.0. The quantitative estimate of drug-likeness (QED) is 0.260. The Hall–Kier alpha value is -0.990. The van der Waals surface area contributed by atoms with Crippen LogP contribution in [0.5, 0.6) is 0 Å². The highest BCUT2D eigenvalue weighted by atomic mass is 16.6. The summed E-state index contributed by atoms with van der Waals surface area (Å²) < 4.78 is 12.0. The van der Waals surface area contributed by atoms with Gasteiger partial charge in [-0.1, -0.05) is 33.8 Å². The third kappa shape index (κ3) is 3.85. The van der Waals surface area contributed by atoms with E-state index in [1.54, 1.807) is 13.8 Å². The summed E-state index contributed by atoms with van der Waals surface area (Å²) in [5, 5.41) is 44.5. The SMILES string of the molecule is C/C=C(\C)C(=O)O[C@H]1CC[C@]2(C)[C@H]3CC[C@]45C[C@]4(CC[C@H]5[C@@H]4C[C@H]([C@@H](O)C(C)(C)O)O[C@@H]4O)[C@]3(C)[C@H](O)C[C@H]2C1(C)C. The van der Waals surface area contributed by atoms with Crippen LogP contribution in [0.2, 0.25) is 0 Å². The summed E-state index contributed by atoms with van der Waals surface area (Å²) in [6.07, 6.45) is 7.13. The van der Waals surface area contributed by atoms with Gasteiger partial charge in [0.05, 0.1) is 17.8 Å². The predicted octanol–water partition coefficient (Wildman–Crippen LogP) is 5.13. The van der Waals surface area contributed by atoms with Gasteiger partial charge in [-0.25, -0.2) is 4.79 Å². The number of esters is 1. The van der Waals surface area contributed by atoms with Crippen LogP contribution in [0, 0.1) is 50.7 Å². The molecule has 7 nitrogen and oxygen atoms in total. The van der Waals surface area contributed by atoms with Crippen LogP contribution in [-0.4, -0.2) is 62.7 Å². The van der Waals surface area contributed by atoms with E-state index in [2.05, 4.69) is 27.7 Å². The molecule has 0 unspecified atom stereocenters. The molecule has 7 heteroatoms. The van der Waals surface area contributed by atoms with Crippen molar-refractivity contribution in [1.29, 1.82) is 0 Å². The minimum atomic E-state index is -1.29. The van der Waals surface area contributed by atoms with E-state index in [1.807, 2.05) is 19.9 Å². The zero-order valence-corrected chi connectivity index (χ0v) is 27.2. The molecule has 6 fully saturated rings. The van der Waals surface area contributed by atoms with Crippen molar-refractivity contribution in [1.82, 2.24) is 0 Å². The molecule has 0 bridgehead atoms. The number of allylic oxidation sites excluding steroid dienone is 1. The smallest absolute Gasteiger partial charge is 0.333 e. The molecule has 5 saturated carbocycles. The average molecular weight is 589 g/mol. The highest BCUT2D eigenvalue weighted by Gasteiger charge is 2.85. The Balaban J connectivity index is 1.26. The Kier molecular flexibility index (Phi) is 7.02. The van der Waals surface area contributed by atoms with Crippen LogP contribution >= 0.6 is 0 Å². The van der Waals surface area contributed by atoms with Gasteiger partial charge >= 0.3 is 5.97 Å². The second-order valence-corrected chi connectivity index (χ2v) is 17.0. The van der Waals surface area contributed by atoms with Gasteiger partial charge in [0.25, 0.3) is 0 Å². The Morgan fingerprint density at radius 2 is 1.71 bits per heavy atom. The highest BCUT2D eigenvalue weighted by Crippen LogP contribution is 2.91. The molecule has 6 aliphatic rings. The van der Waals surface area contributed by atoms with Gasteiger partial charge in [-0.05, 0) is 119 Å². The van der Waals surface area contributed by atoms with E-state index in [-0.39, 0.29) is 51.0 Å². The Morgan fingerprint density at radius 3 is 2.36 bits per heavy atom. The average Bonchev–Trinajstić information content (AvgIpc) is 3.28. The molecule has 4 N–H and O–H groups in total. The molecule has 238 valence electrons. The fourth-order valence-electron chi connectivity index (χ4n) is 12.5. The molecule has 6 rings (SSSR count). The van der Waals surface area contributed by atoms with E-state index in [0.29, 0.717) is 23.8 Å². The van der Waals surface area contributed by atoms with Crippen LogP contribution in [0.4, 0.5) is 0 Å². The van der Waals surface area contributed by atoms with Gasteiger partial charge in [-0.15, -0.1) is 0 Å². The minimum absolute atomic E-state index is 0.0511. The molecule has 1 saturated heterocycles. The summed E-state index contributed by atoms with van der Waals surface area (Å²) in [6.45, 7) is 16.2. The summed E-state index contributed by atoms with van der Waals surface area (Å²) in [5.74, 6) is 0.640. The van der Waals surface area contributed by atoms with Crippen LogP contribution in [-0.2, 0) is 14.3 Å².